The number of likely N-dealkylation sites (tertiary alicyclic amines) is 1. The lowest BCUT2D eigenvalue weighted by atomic mass is 10.1. The highest BCUT2D eigenvalue weighted by molar-refractivity contribution is 5.90. The molecule has 0 radical (unpaired) electrons. The first-order chi connectivity index (χ1) is 11.7. The van der Waals surface area contributed by atoms with E-state index in [1.807, 2.05) is 25.1 Å². The fraction of sp³-hybridized carbons (Fsp3) is 0.412. The zero-order valence-electron chi connectivity index (χ0n) is 13.4. The van der Waals surface area contributed by atoms with Crippen molar-refractivity contribution in [3.8, 4) is 11.5 Å². The number of hydrogen-bond donors (Lipinski definition) is 1. The molecule has 1 atom stereocenters. The highest BCUT2D eigenvalue weighted by atomic mass is 16.6. The Bertz CT molecular complexity index is 758. The Hall–Kier alpha value is -2.70. The van der Waals surface area contributed by atoms with E-state index in [0.29, 0.717) is 36.9 Å². The molecule has 1 fully saturated rings. The largest absolute Gasteiger partial charge is 0.486 e. The van der Waals surface area contributed by atoms with Gasteiger partial charge in [0.2, 0.25) is 0 Å². The van der Waals surface area contributed by atoms with Crippen molar-refractivity contribution in [2.45, 2.75) is 25.8 Å². The van der Waals surface area contributed by atoms with E-state index in [4.69, 9.17) is 14.0 Å². The third-order valence-corrected chi connectivity index (χ3v) is 4.28. The Morgan fingerprint density at radius 2 is 2.08 bits per heavy atom. The van der Waals surface area contributed by atoms with Crippen molar-refractivity contribution in [3.63, 3.8) is 0 Å². The molecule has 3 heterocycles. The highest BCUT2D eigenvalue weighted by Gasteiger charge is 2.32. The maximum Gasteiger partial charge on any atom is 0.322 e. The summed E-state index contributed by atoms with van der Waals surface area (Å²) >= 11 is 0. The molecule has 24 heavy (non-hydrogen) atoms. The standard InChI is InChI=1S/C17H19N3O4/c1-11-9-15(24-19-11)13-3-2-6-20(13)17(21)18-12-4-5-14-16(10-12)23-8-7-22-14/h4-5,9-10,13H,2-3,6-8H2,1H3,(H,18,21)/t13-/m0/s1. The molecule has 7 nitrogen and oxygen atoms in total. The van der Waals surface area contributed by atoms with Crippen LogP contribution in [0.4, 0.5) is 10.5 Å². The van der Waals surface area contributed by atoms with Crippen LogP contribution in [-0.4, -0.2) is 35.8 Å². The first-order valence-corrected chi connectivity index (χ1v) is 8.11. The van der Waals surface area contributed by atoms with Crippen LogP contribution in [0.3, 0.4) is 0 Å². The fourth-order valence-corrected chi connectivity index (χ4v) is 3.16. The molecule has 1 aromatic heterocycles. The van der Waals surface area contributed by atoms with Crippen LogP contribution in [0.5, 0.6) is 11.5 Å². The number of carbonyl (C=O) groups excluding carboxylic acids is 1. The van der Waals surface area contributed by atoms with Crippen molar-refractivity contribution in [3.05, 3.63) is 35.7 Å². The molecule has 0 bridgehead atoms. The Morgan fingerprint density at radius 1 is 1.25 bits per heavy atom. The molecule has 126 valence electrons. The van der Waals surface area contributed by atoms with Gasteiger partial charge in [-0.3, -0.25) is 0 Å². The predicted molar refractivity (Wildman–Crippen MR) is 86.4 cm³/mol. The van der Waals surface area contributed by atoms with Crippen LogP contribution < -0.4 is 14.8 Å². The Balaban J connectivity index is 1.49. The summed E-state index contributed by atoms with van der Waals surface area (Å²) in [5, 5.41) is 6.85. The van der Waals surface area contributed by atoms with Gasteiger partial charge in [0.25, 0.3) is 0 Å². The normalized spacial score (nSPS) is 19.4. The van der Waals surface area contributed by atoms with Crippen molar-refractivity contribution >= 4 is 11.7 Å². The van der Waals surface area contributed by atoms with Crippen molar-refractivity contribution in [1.29, 1.82) is 0 Å². The Morgan fingerprint density at radius 3 is 2.88 bits per heavy atom. The zero-order chi connectivity index (χ0) is 16.5. The first-order valence-electron chi connectivity index (χ1n) is 8.11. The molecule has 1 aromatic carbocycles. The molecule has 1 saturated heterocycles. The fourth-order valence-electron chi connectivity index (χ4n) is 3.16. The lowest BCUT2D eigenvalue weighted by Crippen LogP contribution is -2.34. The minimum absolute atomic E-state index is 0.0663. The Labute approximate surface area is 139 Å². The monoisotopic (exact) mass is 329 g/mol. The smallest absolute Gasteiger partial charge is 0.322 e. The molecule has 4 rings (SSSR count). The van der Waals surface area contributed by atoms with Gasteiger partial charge in [0.1, 0.15) is 13.2 Å². The number of fused-ring (bicyclic) bond motifs is 1. The molecule has 2 amide bonds. The molecule has 2 aliphatic heterocycles. The van der Waals surface area contributed by atoms with Crippen LogP contribution in [0.15, 0.2) is 28.8 Å². The first kappa shape index (κ1) is 14.9. The second kappa shape index (κ2) is 6.07. The summed E-state index contributed by atoms with van der Waals surface area (Å²) in [5.41, 5.74) is 1.51. The van der Waals surface area contributed by atoms with E-state index in [9.17, 15) is 4.79 Å². The van der Waals surface area contributed by atoms with E-state index in [2.05, 4.69) is 10.5 Å². The van der Waals surface area contributed by atoms with Gasteiger partial charge >= 0.3 is 6.03 Å². The number of aryl methyl sites for hydroxylation is 1. The van der Waals surface area contributed by atoms with E-state index in [1.54, 1.807) is 11.0 Å². The minimum atomic E-state index is -0.150. The number of urea groups is 1. The number of ether oxygens (including phenoxy) is 2. The Kier molecular flexibility index (Phi) is 3.76. The van der Waals surface area contributed by atoms with Crippen LogP contribution in [0.2, 0.25) is 0 Å². The van der Waals surface area contributed by atoms with E-state index in [0.717, 1.165) is 24.3 Å². The van der Waals surface area contributed by atoms with E-state index >= 15 is 0 Å². The van der Waals surface area contributed by atoms with Gasteiger partial charge in [-0.05, 0) is 31.9 Å². The summed E-state index contributed by atoms with van der Waals surface area (Å²) < 4.78 is 16.4. The van der Waals surface area contributed by atoms with Crippen LogP contribution in [0, 0.1) is 6.92 Å². The van der Waals surface area contributed by atoms with Crippen LogP contribution in [0.1, 0.15) is 30.3 Å². The zero-order valence-corrected chi connectivity index (χ0v) is 13.4. The number of anilines is 1. The molecular formula is C17H19N3O4. The van der Waals surface area contributed by atoms with E-state index < -0.39 is 0 Å². The van der Waals surface area contributed by atoms with E-state index in [-0.39, 0.29) is 12.1 Å². The average molecular weight is 329 g/mol. The van der Waals surface area contributed by atoms with Crippen LogP contribution in [0.25, 0.3) is 0 Å². The summed E-state index contributed by atoms with van der Waals surface area (Å²) in [6.45, 7) is 3.64. The van der Waals surface area contributed by atoms with Crippen molar-refractivity contribution in [2.75, 3.05) is 25.1 Å². The van der Waals surface area contributed by atoms with Gasteiger partial charge in [-0.2, -0.15) is 0 Å². The predicted octanol–water partition coefficient (Wildman–Crippen LogP) is 3.12. The molecule has 1 N–H and O–H groups in total. The molecular weight excluding hydrogens is 310 g/mol. The molecule has 0 spiro atoms. The summed E-state index contributed by atoms with van der Waals surface area (Å²) in [6.07, 6.45) is 1.82. The van der Waals surface area contributed by atoms with Gasteiger partial charge in [0.15, 0.2) is 17.3 Å². The number of carbonyl (C=O) groups is 1. The number of amides is 2. The number of nitrogens with zero attached hydrogens (tertiary/aromatic N) is 2. The molecule has 0 unspecified atom stereocenters. The van der Waals surface area contributed by atoms with Gasteiger partial charge in [-0.1, -0.05) is 5.16 Å². The number of nitrogens with one attached hydrogen (secondary N) is 1. The second-order valence-electron chi connectivity index (χ2n) is 6.01. The molecule has 7 heteroatoms. The molecule has 2 aromatic rings. The number of benzene rings is 1. The van der Waals surface area contributed by atoms with Gasteiger partial charge in [0, 0.05) is 24.4 Å². The average Bonchev–Trinajstić information content (AvgIpc) is 3.23. The molecule has 0 saturated carbocycles. The molecule has 0 aliphatic carbocycles. The lowest BCUT2D eigenvalue weighted by Gasteiger charge is -2.24. The maximum absolute atomic E-state index is 12.7. The van der Waals surface area contributed by atoms with Crippen LogP contribution in [-0.2, 0) is 0 Å². The minimum Gasteiger partial charge on any atom is -0.486 e. The van der Waals surface area contributed by atoms with Gasteiger partial charge in [-0.25, -0.2) is 4.79 Å². The number of hydrogen-bond acceptors (Lipinski definition) is 5. The quantitative estimate of drug-likeness (QED) is 0.916. The molecule has 2 aliphatic rings. The lowest BCUT2D eigenvalue weighted by molar-refractivity contribution is 0.171. The summed E-state index contributed by atoms with van der Waals surface area (Å²) in [4.78, 5) is 14.4. The van der Waals surface area contributed by atoms with Gasteiger partial charge in [0.05, 0.1) is 11.7 Å². The number of aromatic nitrogens is 1. The third-order valence-electron chi connectivity index (χ3n) is 4.28. The summed E-state index contributed by atoms with van der Waals surface area (Å²) in [6, 6.07) is 7.09. The topological polar surface area (TPSA) is 76.8 Å². The van der Waals surface area contributed by atoms with Crippen molar-refractivity contribution in [1.82, 2.24) is 10.1 Å². The van der Waals surface area contributed by atoms with Crippen LogP contribution >= 0.6 is 0 Å². The summed E-state index contributed by atoms with van der Waals surface area (Å²) in [7, 11) is 0. The van der Waals surface area contributed by atoms with Crippen molar-refractivity contribution < 1.29 is 18.8 Å². The van der Waals surface area contributed by atoms with Gasteiger partial charge in [-0.15, -0.1) is 0 Å². The second-order valence-corrected chi connectivity index (χ2v) is 6.01. The van der Waals surface area contributed by atoms with Crippen molar-refractivity contribution in [2.24, 2.45) is 0 Å². The van der Waals surface area contributed by atoms with E-state index in [1.165, 1.54) is 0 Å². The summed E-state index contributed by atoms with van der Waals surface area (Å²) in [5.74, 6) is 2.10. The van der Waals surface area contributed by atoms with Gasteiger partial charge < -0.3 is 24.2 Å². The SMILES string of the molecule is Cc1cc([C@@H]2CCCN2C(=O)Nc2ccc3c(c2)OCCO3)on1. The maximum atomic E-state index is 12.7. The third kappa shape index (κ3) is 2.77. The highest BCUT2D eigenvalue weighted by Crippen LogP contribution is 2.35. The number of rotatable bonds is 2.